The Kier molecular flexibility index (Phi) is 5.81. The summed E-state index contributed by atoms with van der Waals surface area (Å²) >= 11 is 0. The first-order valence-electron chi connectivity index (χ1n) is 8.54. The van der Waals surface area contributed by atoms with Crippen LogP contribution in [0, 0.1) is 0 Å². The van der Waals surface area contributed by atoms with E-state index in [0.717, 1.165) is 21.1 Å². The number of nitrogens with zero attached hydrogens (tertiary/aromatic N) is 3. The van der Waals surface area contributed by atoms with Gasteiger partial charge in [0.15, 0.2) is 0 Å². The van der Waals surface area contributed by atoms with E-state index in [1.807, 2.05) is 24.3 Å². The first-order valence-corrected chi connectivity index (χ1v) is 9.98. The molecule has 0 radical (unpaired) electrons. The van der Waals surface area contributed by atoms with Crippen molar-refractivity contribution >= 4 is 15.9 Å². The second kappa shape index (κ2) is 8.28. The third-order valence-corrected chi connectivity index (χ3v) is 5.96. The van der Waals surface area contributed by atoms with Gasteiger partial charge in [-0.2, -0.15) is 0 Å². The lowest BCUT2D eigenvalue weighted by molar-refractivity contribution is 0.0951. The maximum absolute atomic E-state index is 12.3. The fourth-order valence-corrected chi connectivity index (χ4v) is 3.39. The van der Waals surface area contributed by atoms with Crippen LogP contribution in [0.5, 0.6) is 0 Å². The Labute approximate surface area is 164 Å². The fraction of sp³-hybridized carbons (Fsp3) is 0.150. The highest BCUT2D eigenvalue weighted by Crippen LogP contribution is 2.16. The molecule has 0 fully saturated rings. The van der Waals surface area contributed by atoms with Crippen molar-refractivity contribution in [3.63, 3.8) is 0 Å². The van der Waals surface area contributed by atoms with Crippen LogP contribution in [0.2, 0.25) is 0 Å². The second-order valence-electron chi connectivity index (χ2n) is 6.29. The number of sulfonamides is 1. The van der Waals surface area contributed by atoms with Crippen molar-refractivity contribution < 1.29 is 13.2 Å². The van der Waals surface area contributed by atoms with Crippen molar-refractivity contribution in [2.75, 3.05) is 14.1 Å². The lowest BCUT2D eigenvalue weighted by Gasteiger charge is -2.11. The number of amides is 1. The van der Waals surface area contributed by atoms with Gasteiger partial charge in [0.05, 0.1) is 10.6 Å². The summed E-state index contributed by atoms with van der Waals surface area (Å²) in [6.45, 7) is 0.316. The van der Waals surface area contributed by atoms with E-state index < -0.39 is 10.0 Å². The number of rotatable bonds is 6. The molecule has 0 spiro atoms. The molecule has 2 aromatic heterocycles. The fourth-order valence-electron chi connectivity index (χ4n) is 2.49. The number of hydrogen-bond donors (Lipinski definition) is 1. The molecule has 1 aromatic carbocycles. The van der Waals surface area contributed by atoms with Gasteiger partial charge in [-0.25, -0.2) is 12.7 Å². The number of pyridine rings is 2. The first kappa shape index (κ1) is 19.7. The zero-order chi connectivity index (χ0) is 20.1. The number of carbonyl (C=O) groups excluding carboxylic acids is 1. The van der Waals surface area contributed by atoms with Gasteiger partial charge in [0, 0.05) is 50.4 Å². The van der Waals surface area contributed by atoms with Crippen LogP contribution in [0.3, 0.4) is 0 Å². The average Bonchev–Trinajstić information content (AvgIpc) is 2.73. The number of aromatic nitrogens is 2. The summed E-state index contributed by atoms with van der Waals surface area (Å²) in [7, 11) is -0.589. The van der Waals surface area contributed by atoms with E-state index in [1.165, 1.54) is 38.4 Å². The van der Waals surface area contributed by atoms with Gasteiger partial charge in [-0.05, 0) is 48.0 Å². The van der Waals surface area contributed by atoms with Crippen molar-refractivity contribution in [2.24, 2.45) is 0 Å². The van der Waals surface area contributed by atoms with E-state index in [-0.39, 0.29) is 10.8 Å². The standard InChI is InChI=1S/C20H20N4O3S/c1-24(2)28(26,27)18-8-6-16(7-9-18)20(25)23-13-15-5-10-19(22-12-15)17-4-3-11-21-14-17/h3-12,14H,13H2,1-2H3,(H,23,25). The summed E-state index contributed by atoms with van der Waals surface area (Å²) in [5, 5.41) is 2.80. The summed E-state index contributed by atoms with van der Waals surface area (Å²) in [5.74, 6) is -0.287. The molecule has 28 heavy (non-hydrogen) atoms. The van der Waals surface area contributed by atoms with Crippen LogP contribution in [-0.4, -0.2) is 42.7 Å². The molecule has 0 bridgehead atoms. The number of hydrogen-bond acceptors (Lipinski definition) is 5. The molecular weight excluding hydrogens is 376 g/mol. The van der Waals surface area contributed by atoms with Crippen molar-refractivity contribution in [3.05, 3.63) is 78.2 Å². The monoisotopic (exact) mass is 396 g/mol. The van der Waals surface area contributed by atoms with Gasteiger partial charge in [0.25, 0.3) is 5.91 Å². The Balaban J connectivity index is 1.63. The van der Waals surface area contributed by atoms with E-state index in [2.05, 4.69) is 15.3 Å². The highest BCUT2D eigenvalue weighted by molar-refractivity contribution is 7.89. The largest absolute Gasteiger partial charge is 0.348 e. The highest BCUT2D eigenvalue weighted by atomic mass is 32.2. The number of carbonyl (C=O) groups is 1. The normalized spacial score (nSPS) is 11.4. The molecule has 7 nitrogen and oxygen atoms in total. The third-order valence-electron chi connectivity index (χ3n) is 4.13. The van der Waals surface area contributed by atoms with E-state index in [1.54, 1.807) is 18.6 Å². The number of benzene rings is 1. The van der Waals surface area contributed by atoms with Crippen LogP contribution in [-0.2, 0) is 16.6 Å². The molecule has 2 heterocycles. The topological polar surface area (TPSA) is 92.3 Å². The average molecular weight is 396 g/mol. The van der Waals surface area contributed by atoms with E-state index >= 15 is 0 Å². The molecule has 0 aliphatic carbocycles. The Morgan fingerprint density at radius 3 is 2.36 bits per heavy atom. The quantitative estimate of drug-likeness (QED) is 0.690. The van der Waals surface area contributed by atoms with Crippen molar-refractivity contribution in [2.45, 2.75) is 11.4 Å². The van der Waals surface area contributed by atoms with E-state index in [0.29, 0.717) is 12.1 Å². The minimum Gasteiger partial charge on any atom is -0.348 e. The Hall–Kier alpha value is -3.10. The SMILES string of the molecule is CN(C)S(=O)(=O)c1ccc(C(=O)NCc2ccc(-c3cccnc3)nc2)cc1. The zero-order valence-corrected chi connectivity index (χ0v) is 16.3. The minimum atomic E-state index is -3.51. The lowest BCUT2D eigenvalue weighted by Crippen LogP contribution is -2.24. The summed E-state index contributed by atoms with van der Waals surface area (Å²) < 4.78 is 25.3. The predicted octanol–water partition coefficient (Wildman–Crippen LogP) is 2.32. The van der Waals surface area contributed by atoms with Gasteiger partial charge < -0.3 is 5.32 Å². The van der Waals surface area contributed by atoms with Crippen molar-refractivity contribution in [1.29, 1.82) is 0 Å². The molecule has 8 heteroatoms. The van der Waals surface area contributed by atoms with Crippen LogP contribution in [0.15, 0.2) is 72.0 Å². The number of nitrogens with one attached hydrogen (secondary N) is 1. The molecule has 3 rings (SSSR count). The molecule has 0 aliphatic heterocycles. The van der Waals surface area contributed by atoms with Gasteiger partial charge in [-0.15, -0.1) is 0 Å². The van der Waals surface area contributed by atoms with Gasteiger partial charge in [0.2, 0.25) is 10.0 Å². The van der Waals surface area contributed by atoms with E-state index in [4.69, 9.17) is 0 Å². The van der Waals surface area contributed by atoms with Crippen molar-refractivity contribution in [1.82, 2.24) is 19.6 Å². The van der Waals surface area contributed by atoms with Crippen LogP contribution in [0.1, 0.15) is 15.9 Å². The molecule has 3 aromatic rings. The molecular formula is C20H20N4O3S. The second-order valence-corrected chi connectivity index (χ2v) is 8.44. The lowest BCUT2D eigenvalue weighted by atomic mass is 10.1. The maximum Gasteiger partial charge on any atom is 0.251 e. The maximum atomic E-state index is 12.3. The van der Waals surface area contributed by atoms with E-state index in [9.17, 15) is 13.2 Å². The smallest absolute Gasteiger partial charge is 0.251 e. The Morgan fingerprint density at radius 1 is 1.04 bits per heavy atom. The van der Waals surface area contributed by atoms with Crippen LogP contribution in [0.4, 0.5) is 0 Å². The third kappa shape index (κ3) is 4.41. The summed E-state index contributed by atoms with van der Waals surface area (Å²) in [6.07, 6.45) is 5.15. The Morgan fingerprint density at radius 2 is 1.79 bits per heavy atom. The zero-order valence-electron chi connectivity index (χ0n) is 15.5. The molecule has 0 saturated heterocycles. The van der Waals surface area contributed by atoms with Gasteiger partial charge in [0.1, 0.15) is 0 Å². The molecule has 0 atom stereocenters. The molecule has 1 N–H and O–H groups in total. The summed E-state index contributed by atoms with van der Waals surface area (Å²) in [5.41, 5.74) is 2.97. The van der Waals surface area contributed by atoms with Gasteiger partial charge in [-0.3, -0.25) is 14.8 Å². The van der Waals surface area contributed by atoms with Crippen LogP contribution in [0.25, 0.3) is 11.3 Å². The molecule has 1 amide bonds. The molecule has 0 aliphatic rings. The molecule has 144 valence electrons. The van der Waals surface area contributed by atoms with Gasteiger partial charge >= 0.3 is 0 Å². The predicted molar refractivity (Wildman–Crippen MR) is 106 cm³/mol. The van der Waals surface area contributed by atoms with Crippen LogP contribution < -0.4 is 5.32 Å². The minimum absolute atomic E-state index is 0.143. The molecule has 0 saturated carbocycles. The Bertz CT molecular complexity index is 1050. The van der Waals surface area contributed by atoms with Gasteiger partial charge in [-0.1, -0.05) is 6.07 Å². The summed E-state index contributed by atoms with van der Waals surface area (Å²) in [4.78, 5) is 20.9. The first-order chi connectivity index (χ1) is 13.4. The van der Waals surface area contributed by atoms with Crippen molar-refractivity contribution in [3.8, 4) is 11.3 Å². The van der Waals surface area contributed by atoms with Crippen LogP contribution >= 0.6 is 0 Å². The molecule has 0 unspecified atom stereocenters. The summed E-state index contributed by atoms with van der Waals surface area (Å²) in [6, 6.07) is 13.4. The highest BCUT2D eigenvalue weighted by Gasteiger charge is 2.17.